The molecule has 5 heterocycles. The molecule has 2 saturated heterocycles. The number of aromatic nitrogens is 3. The second-order valence-corrected chi connectivity index (χ2v) is 29.3. The second-order valence-electron chi connectivity index (χ2n) is 10.4. The number of rotatable bonds is 4. The van der Waals surface area contributed by atoms with E-state index in [9.17, 15) is 0 Å². The molecule has 12 heteroatoms. The maximum absolute atomic E-state index is 16.8. The van der Waals surface area contributed by atoms with Crippen molar-refractivity contribution in [3.05, 3.63) is 53.2 Å². The van der Waals surface area contributed by atoms with Gasteiger partial charge in [-0.2, -0.15) is 0 Å². The van der Waals surface area contributed by atoms with Crippen LogP contribution in [0.4, 0.5) is 14.6 Å². The van der Waals surface area contributed by atoms with Gasteiger partial charge in [0.2, 0.25) is 0 Å². The Morgan fingerprint density at radius 1 is 1.10 bits per heavy atom. The molecule has 2 aromatic carbocycles. The molecule has 2 bridgehead atoms. The maximum Gasteiger partial charge on any atom is 0.190 e. The molecule has 3 atom stereocenters. The van der Waals surface area contributed by atoms with Crippen molar-refractivity contribution in [1.29, 1.82) is 0 Å². The van der Waals surface area contributed by atoms with E-state index in [-0.39, 0.29) is 19.7 Å². The predicted octanol–water partition coefficient (Wildman–Crippen LogP) is 8.63. The molecular formula is C29H24F2I2N5PS2. The van der Waals surface area contributed by atoms with E-state index in [0.29, 0.717) is 40.1 Å². The maximum atomic E-state index is 16.8. The first-order valence-corrected chi connectivity index (χ1v) is 22.8. The highest BCUT2D eigenvalue weighted by molar-refractivity contribution is 14.3. The molecular weight excluding hydrogens is 805 g/mol. The molecule has 5 nitrogen and oxygen atoms in total. The van der Waals surface area contributed by atoms with Crippen LogP contribution in [0.3, 0.4) is 0 Å². The number of benzene rings is 2. The smallest absolute Gasteiger partial charge is 0.190 e. The number of fused-ring (bicyclic) bond motifs is 6. The van der Waals surface area contributed by atoms with E-state index in [1.807, 2.05) is 18.2 Å². The van der Waals surface area contributed by atoms with Gasteiger partial charge >= 0.3 is 0 Å². The summed E-state index contributed by atoms with van der Waals surface area (Å²) >= 11 is 7.65. The topological polar surface area (TPSA) is 53.9 Å². The third-order valence-electron chi connectivity index (χ3n) is 8.14. The van der Waals surface area contributed by atoms with Gasteiger partial charge in [0, 0.05) is 35.6 Å². The summed E-state index contributed by atoms with van der Waals surface area (Å²) in [7, 11) is 0. The fourth-order valence-electron chi connectivity index (χ4n) is 6.52. The number of nitrogens with zero attached hydrogens (tertiary/aromatic N) is 4. The average molecular weight is 829 g/mol. The standard InChI is InChI=1S/C29H24F2I2N5PS2/c1-2-40-29-36-27-24-21(10-11-22-20-9-7-16(34-20)14-38(22)28(24)37-29)35-26(25(27)31)18-5-3-4-15-6-8-19(30)17(23(15)18)12-13-41-39(32)33/h3-6,8,16,20,22,34H,2,7,9-11,14H2,1H3/t16-,20+,22-/m1/s1. The monoisotopic (exact) mass is 829 g/mol. The van der Waals surface area contributed by atoms with Crippen molar-refractivity contribution in [2.75, 3.05) is 17.2 Å². The number of pyridine rings is 1. The van der Waals surface area contributed by atoms with Gasteiger partial charge in [-0.3, -0.25) is 0 Å². The van der Waals surface area contributed by atoms with E-state index in [1.54, 1.807) is 6.07 Å². The van der Waals surface area contributed by atoms with E-state index in [2.05, 4.69) is 72.4 Å². The van der Waals surface area contributed by atoms with Crippen molar-refractivity contribution in [3.63, 3.8) is 0 Å². The third kappa shape index (κ3) is 5.22. The second kappa shape index (κ2) is 11.8. The molecule has 41 heavy (non-hydrogen) atoms. The molecule has 0 saturated carbocycles. The van der Waals surface area contributed by atoms with Crippen LogP contribution in [0.1, 0.15) is 37.4 Å². The zero-order valence-electron chi connectivity index (χ0n) is 21.9. The van der Waals surface area contributed by atoms with E-state index >= 15 is 8.78 Å². The molecule has 2 fully saturated rings. The van der Waals surface area contributed by atoms with Crippen molar-refractivity contribution in [1.82, 2.24) is 20.3 Å². The summed E-state index contributed by atoms with van der Waals surface area (Å²) in [6.45, 7) is 2.90. The average Bonchev–Trinajstić information content (AvgIpc) is 3.27. The molecule has 3 aliphatic rings. The first-order chi connectivity index (χ1) is 19.9. The van der Waals surface area contributed by atoms with Gasteiger partial charge in [0.15, 0.2) is 11.0 Å². The molecule has 0 amide bonds. The fourth-order valence-corrected chi connectivity index (χ4v) is 9.42. The molecule has 4 aromatic rings. The van der Waals surface area contributed by atoms with Crippen molar-refractivity contribution in [2.45, 2.75) is 55.9 Å². The van der Waals surface area contributed by atoms with Gasteiger partial charge in [-0.25, -0.2) is 23.7 Å². The molecule has 210 valence electrons. The van der Waals surface area contributed by atoms with Crippen LogP contribution in [0.15, 0.2) is 35.5 Å². The van der Waals surface area contributed by atoms with Gasteiger partial charge in [-0.15, -0.1) is 0 Å². The lowest BCUT2D eigenvalue weighted by atomic mass is 9.95. The number of thioether (sulfide) groups is 1. The van der Waals surface area contributed by atoms with Gasteiger partial charge in [0.05, 0.1) is 19.1 Å². The Hall–Kier alpha value is -1.04. The minimum Gasteiger partial charge on any atom is -0.350 e. The van der Waals surface area contributed by atoms with Crippen LogP contribution in [0.2, 0.25) is 0 Å². The molecule has 0 radical (unpaired) electrons. The predicted molar refractivity (Wildman–Crippen MR) is 185 cm³/mol. The molecule has 1 N–H and O–H groups in total. The van der Waals surface area contributed by atoms with Gasteiger partial charge in [-0.1, -0.05) is 48.9 Å². The Morgan fingerprint density at radius 2 is 1.98 bits per heavy atom. The third-order valence-corrected chi connectivity index (χ3v) is 13.4. The Balaban J connectivity index is 1.48. The first kappa shape index (κ1) is 28.7. The lowest BCUT2D eigenvalue weighted by Crippen LogP contribution is -2.58. The van der Waals surface area contributed by atoms with Crippen LogP contribution >= 0.6 is 69.6 Å². The quantitative estimate of drug-likeness (QED) is 0.0728. The van der Waals surface area contributed by atoms with E-state index in [4.69, 9.17) is 15.0 Å². The number of piperazine rings is 1. The zero-order valence-corrected chi connectivity index (χ0v) is 28.8. The van der Waals surface area contributed by atoms with Crippen molar-refractivity contribution in [2.24, 2.45) is 0 Å². The summed E-state index contributed by atoms with van der Waals surface area (Å²) in [5.41, 5.74) is 2.11. The highest BCUT2D eigenvalue weighted by atomic mass is 127. The molecule has 0 unspecified atom stereocenters. The highest BCUT2D eigenvalue weighted by Crippen LogP contribution is 2.64. The minimum absolute atomic E-state index is 0.195. The minimum atomic E-state index is -0.491. The van der Waals surface area contributed by atoms with E-state index in [0.717, 1.165) is 53.8 Å². The fraction of sp³-hybridized carbons (Fsp3) is 0.345. The summed E-state index contributed by atoms with van der Waals surface area (Å²) < 4.78 is 31.7. The zero-order chi connectivity index (χ0) is 28.2. The van der Waals surface area contributed by atoms with Crippen LogP contribution in [-0.4, -0.2) is 45.4 Å². The van der Waals surface area contributed by atoms with Crippen LogP contribution in [0, 0.1) is 22.8 Å². The summed E-state index contributed by atoms with van der Waals surface area (Å²) in [6.07, 6.45) is 3.89. The summed E-state index contributed by atoms with van der Waals surface area (Å²) in [4.78, 5) is 17.2. The molecule has 3 aliphatic heterocycles. The lowest BCUT2D eigenvalue weighted by molar-refractivity contribution is 0.362. The van der Waals surface area contributed by atoms with Gasteiger partial charge < -0.3 is 10.2 Å². The Bertz CT molecular complexity index is 1770. The number of nitrogens with one attached hydrogen (secondary N) is 1. The SMILES string of the molecule is CCSc1nc2c3c(nc(-c4cccc5ccc(F)c(C#CSP(I)I)c45)c(F)c3n1)CC[C@@H]1[C@@H]3CC[C@H](CN21)N3. The number of hydrogen-bond acceptors (Lipinski definition) is 7. The van der Waals surface area contributed by atoms with Crippen molar-refractivity contribution < 1.29 is 8.78 Å². The summed E-state index contributed by atoms with van der Waals surface area (Å²) in [5, 5.41) is 9.51. The number of halogens is 4. The van der Waals surface area contributed by atoms with Gasteiger partial charge in [0.25, 0.3) is 0 Å². The van der Waals surface area contributed by atoms with Crippen molar-refractivity contribution >= 4 is 97.1 Å². The van der Waals surface area contributed by atoms with Crippen LogP contribution < -0.4 is 10.2 Å². The number of hydrogen-bond donors (Lipinski definition) is 1. The Morgan fingerprint density at radius 3 is 2.80 bits per heavy atom. The van der Waals surface area contributed by atoms with Gasteiger partial charge in [0.1, 0.15) is 22.8 Å². The first-order valence-electron chi connectivity index (χ1n) is 13.5. The molecule has 0 aliphatic carbocycles. The number of aryl methyl sites for hydroxylation is 1. The van der Waals surface area contributed by atoms with Crippen LogP contribution in [0.25, 0.3) is 32.9 Å². The molecule has 7 rings (SSSR count). The van der Waals surface area contributed by atoms with Crippen LogP contribution in [-0.2, 0) is 6.42 Å². The highest BCUT2D eigenvalue weighted by Gasteiger charge is 2.43. The number of anilines is 1. The summed E-state index contributed by atoms with van der Waals surface area (Å²) in [5.74, 6) is 3.72. The van der Waals surface area contributed by atoms with Crippen LogP contribution in [0.5, 0.6) is 0 Å². The Labute approximate surface area is 272 Å². The van der Waals surface area contributed by atoms with E-state index in [1.165, 1.54) is 29.2 Å². The summed E-state index contributed by atoms with van der Waals surface area (Å²) in [6, 6.07) is 9.84. The lowest BCUT2D eigenvalue weighted by Gasteiger charge is -2.41. The molecule has 0 spiro atoms. The van der Waals surface area contributed by atoms with Crippen molar-refractivity contribution in [3.8, 4) is 22.4 Å². The normalized spacial score (nSPS) is 21.2. The van der Waals surface area contributed by atoms with E-state index < -0.39 is 11.6 Å². The molecule has 2 aromatic heterocycles. The Kier molecular flexibility index (Phi) is 8.27. The largest absolute Gasteiger partial charge is 0.350 e. The van der Waals surface area contributed by atoms with Gasteiger partial charge in [-0.05, 0) is 104 Å².